The molecule has 0 saturated carbocycles. The molecule has 39 heavy (non-hydrogen) atoms. The number of aryl methyl sites for hydroxylation is 1. The Kier molecular flexibility index (Phi) is 12.6. The van der Waals surface area contributed by atoms with Gasteiger partial charge in [-0.15, -0.1) is 0 Å². The number of hydrogen-bond donors (Lipinski definition) is 2. The topological polar surface area (TPSA) is 118 Å². The van der Waals surface area contributed by atoms with Crippen molar-refractivity contribution in [2.45, 2.75) is 12.1 Å². The molecule has 3 rings (SSSR count). The van der Waals surface area contributed by atoms with Crippen LogP contribution in [0.5, 0.6) is 5.88 Å². The first-order valence-electron chi connectivity index (χ1n) is 11.5. The summed E-state index contributed by atoms with van der Waals surface area (Å²) in [5.74, 6) is -0.529. The molecule has 9 nitrogen and oxygen atoms in total. The highest BCUT2D eigenvalue weighted by molar-refractivity contribution is 9.12. The highest BCUT2D eigenvalue weighted by atomic mass is 79.9. The van der Waals surface area contributed by atoms with Crippen molar-refractivity contribution in [1.82, 2.24) is 20.8 Å². The zero-order valence-electron chi connectivity index (χ0n) is 20.8. The summed E-state index contributed by atoms with van der Waals surface area (Å²) in [6, 6.07) is 21.0. The molecule has 0 spiro atoms. The Morgan fingerprint density at radius 1 is 0.872 bits per heavy atom. The smallest absolute Gasteiger partial charge is 0.278 e. The van der Waals surface area contributed by atoms with Crippen LogP contribution in [0.25, 0.3) is 12.2 Å². The Balaban J connectivity index is 1.42. The zero-order valence-corrected chi connectivity index (χ0v) is 24.7. The summed E-state index contributed by atoms with van der Waals surface area (Å²) in [5, 5.41) is 8.18. The molecule has 2 N–H and O–H groups in total. The molecule has 3 aromatic rings. The van der Waals surface area contributed by atoms with Crippen LogP contribution in [-0.4, -0.2) is 46.6 Å². The standard InChI is InChI=1S/C27H24Br2N6O3S/c1-19-12-26(38-17-24(36)34-30-15-22(28)13-20-8-4-2-5-9-20)33-27(32-19)39-18-25(37)35-31-16-23(29)14-21-10-6-3-7-11-21/h2-16H,17-18H2,1H3,(H,34,36)(H,35,37)/b22-13-,23-14-,30-15-,31-16-. The number of aromatic nitrogens is 2. The Morgan fingerprint density at radius 2 is 1.41 bits per heavy atom. The van der Waals surface area contributed by atoms with E-state index in [0.717, 1.165) is 22.9 Å². The maximum Gasteiger partial charge on any atom is 0.278 e. The molecule has 0 unspecified atom stereocenters. The summed E-state index contributed by atoms with van der Waals surface area (Å²) in [6.07, 6.45) is 6.71. The summed E-state index contributed by atoms with van der Waals surface area (Å²) in [6.45, 7) is 1.47. The molecule has 0 atom stereocenters. The van der Waals surface area contributed by atoms with Crippen molar-refractivity contribution in [3.8, 4) is 5.88 Å². The molecule has 0 bridgehead atoms. The van der Waals surface area contributed by atoms with E-state index in [-0.39, 0.29) is 24.1 Å². The van der Waals surface area contributed by atoms with E-state index < -0.39 is 5.91 Å². The molecule has 2 aromatic carbocycles. The van der Waals surface area contributed by atoms with E-state index in [0.29, 0.717) is 19.8 Å². The van der Waals surface area contributed by atoms with Crippen molar-refractivity contribution >= 4 is 80.0 Å². The number of nitrogens with zero attached hydrogens (tertiary/aromatic N) is 4. The maximum atomic E-state index is 12.2. The molecule has 12 heteroatoms. The lowest BCUT2D eigenvalue weighted by molar-refractivity contribution is -0.123. The van der Waals surface area contributed by atoms with Gasteiger partial charge in [-0.3, -0.25) is 9.59 Å². The Hall–Kier alpha value is -3.61. The van der Waals surface area contributed by atoms with Gasteiger partial charge in [-0.25, -0.2) is 15.8 Å². The third-order valence-electron chi connectivity index (χ3n) is 4.46. The van der Waals surface area contributed by atoms with Crippen LogP contribution in [-0.2, 0) is 9.59 Å². The van der Waals surface area contributed by atoms with E-state index >= 15 is 0 Å². The van der Waals surface area contributed by atoms with Gasteiger partial charge in [0.25, 0.3) is 11.8 Å². The van der Waals surface area contributed by atoms with Crippen LogP contribution in [0, 0.1) is 6.92 Å². The number of amides is 2. The molecule has 0 fully saturated rings. The third-order valence-corrected chi connectivity index (χ3v) is 6.17. The molecule has 0 aliphatic carbocycles. The number of hydrazone groups is 2. The van der Waals surface area contributed by atoms with Gasteiger partial charge in [0.2, 0.25) is 5.88 Å². The highest BCUT2D eigenvalue weighted by Crippen LogP contribution is 2.18. The van der Waals surface area contributed by atoms with Crippen molar-refractivity contribution in [3.05, 3.63) is 92.5 Å². The number of hydrogen-bond acceptors (Lipinski definition) is 8. The van der Waals surface area contributed by atoms with E-state index in [9.17, 15) is 9.59 Å². The predicted octanol–water partition coefficient (Wildman–Crippen LogP) is 5.33. The van der Waals surface area contributed by atoms with Crippen LogP contribution >= 0.6 is 43.6 Å². The van der Waals surface area contributed by atoms with E-state index in [2.05, 4.69) is 62.9 Å². The summed E-state index contributed by atoms with van der Waals surface area (Å²) < 4.78 is 6.87. The number of ether oxygens (including phenoxy) is 1. The quantitative estimate of drug-likeness (QED) is 0.116. The first-order valence-corrected chi connectivity index (χ1v) is 14.0. The van der Waals surface area contributed by atoms with Crippen molar-refractivity contribution in [2.24, 2.45) is 10.2 Å². The van der Waals surface area contributed by atoms with Gasteiger partial charge in [-0.2, -0.15) is 15.2 Å². The van der Waals surface area contributed by atoms with Crippen LogP contribution in [0.2, 0.25) is 0 Å². The molecule has 200 valence electrons. The van der Waals surface area contributed by atoms with Crippen LogP contribution in [0.4, 0.5) is 0 Å². The van der Waals surface area contributed by atoms with E-state index in [1.165, 1.54) is 12.4 Å². The lowest BCUT2D eigenvalue weighted by Crippen LogP contribution is -2.25. The first kappa shape index (κ1) is 29.9. The minimum Gasteiger partial charge on any atom is -0.467 e. The summed E-state index contributed by atoms with van der Waals surface area (Å²) in [5.41, 5.74) is 7.47. The van der Waals surface area contributed by atoms with Crippen molar-refractivity contribution in [3.63, 3.8) is 0 Å². The molecule has 0 radical (unpaired) electrons. The second kappa shape index (κ2) is 16.4. The van der Waals surface area contributed by atoms with Gasteiger partial charge in [-0.05, 0) is 62.1 Å². The molecular weight excluding hydrogens is 648 g/mol. The summed E-state index contributed by atoms with van der Waals surface area (Å²) >= 11 is 7.90. The molecule has 1 heterocycles. The fourth-order valence-electron chi connectivity index (χ4n) is 2.81. The van der Waals surface area contributed by atoms with Crippen LogP contribution in [0.3, 0.4) is 0 Å². The Bertz CT molecular complexity index is 1280. The molecule has 2 amide bonds. The summed E-state index contributed by atoms with van der Waals surface area (Å²) in [7, 11) is 0. The molecular formula is C27H24Br2N6O3S. The SMILES string of the molecule is Cc1cc(OCC(=O)N/N=C\C(Br)=C\c2ccccc2)nc(SCC(=O)N/N=C\C(Br)=C\c2ccccc2)n1. The summed E-state index contributed by atoms with van der Waals surface area (Å²) in [4.78, 5) is 32.8. The second-order valence-corrected chi connectivity index (χ2v) is 10.4. The van der Waals surface area contributed by atoms with Gasteiger partial charge >= 0.3 is 0 Å². The van der Waals surface area contributed by atoms with Crippen molar-refractivity contribution in [2.75, 3.05) is 12.4 Å². The number of benzene rings is 2. The van der Waals surface area contributed by atoms with Crippen LogP contribution in [0.15, 0.2) is 91.1 Å². The average molecular weight is 672 g/mol. The van der Waals surface area contributed by atoms with E-state index in [1.807, 2.05) is 72.8 Å². The molecule has 0 saturated heterocycles. The van der Waals surface area contributed by atoms with Gasteiger partial charge in [0.1, 0.15) is 0 Å². The minimum absolute atomic E-state index is 0.0425. The average Bonchev–Trinajstić information content (AvgIpc) is 2.91. The Morgan fingerprint density at radius 3 is 1.97 bits per heavy atom. The third kappa shape index (κ3) is 12.2. The lowest BCUT2D eigenvalue weighted by atomic mass is 10.2. The van der Waals surface area contributed by atoms with E-state index in [1.54, 1.807) is 13.0 Å². The molecule has 0 aliphatic rings. The first-order chi connectivity index (χ1) is 18.9. The minimum atomic E-state index is -0.457. The van der Waals surface area contributed by atoms with Gasteiger partial charge in [0, 0.05) is 20.7 Å². The van der Waals surface area contributed by atoms with Gasteiger partial charge < -0.3 is 4.74 Å². The van der Waals surface area contributed by atoms with Gasteiger partial charge in [0.15, 0.2) is 11.8 Å². The van der Waals surface area contributed by atoms with Crippen molar-refractivity contribution in [1.29, 1.82) is 0 Å². The number of rotatable bonds is 12. The van der Waals surface area contributed by atoms with Gasteiger partial charge in [0.05, 0.1) is 18.2 Å². The number of nitrogens with one attached hydrogen (secondary N) is 2. The zero-order chi connectivity index (χ0) is 27.9. The number of halogens is 2. The number of allylic oxidation sites excluding steroid dienone is 2. The number of thioether (sulfide) groups is 1. The molecule has 1 aromatic heterocycles. The fourth-order valence-corrected chi connectivity index (χ4v) is 4.23. The van der Waals surface area contributed by atoms with Crippen LogP contribution in [0.1, 0.15) is 16.8 Å². The highest BCUT2D eigenvalue weighted by Gasteiger charge is 2.09. The largest absolute Gasteiger partial charge is 0.467 e. The second-order valence-electron chi connectivity index (χ2n) is 7.67. The Labute approximate surface area is 247 Å². The van der Waals surface area contributed by atoms with Gasteiger partial charge in [-0.1, -0.05) is 72.4 Å². The van der Waals surface area contributed by atoms with Crippen molar-refractivity contribution < 1.29 is 14.3 Å². The van der Waals surface area contributed by atoms with Crippen LogP contribution < -0.4 is 15.6 Å². The maximum absolute atomic E-state index is 12.2. The number of carbonyl (C=O) groups excluding carboxylic acids is 2. The fraction of sp³-hybridized carbons (Fsp3) is 0.111. The number of carbonyl (C=O) groups is 2. The lowest BCUT2D eigenvalue weighted by Gasteiger charge is -2.07. The van der Waals surface area contributed by atoms with E-state index in [4.69, 9.17) is 4.74 Å². The molecule has 0 aliphatic heterocycles. The monoisotopic (exact) mass is 670 g/mol. The normalized spacial score (nSPS) is 12.1. The predicted molar refractivity (Wildman–Crippen MR) is 163 cm³/mol.